The van der Waals surface area contributed by atoms with E-state index in [-0.39, 0.29) is 0 Å². The Labute approximate surface area is 124 Å². The summed E-state index contributed by atoms with van der Waals surface area (Å²) in [5.41, 5.74) is 0. The van der Waals surface area contributed by atoms with E-state index in [9.17, 15) is 0 Å². The molecule has 0 saturated carbocycles. The summed E-state index contributed by atoms with van der Waals surface area (Å²) >= 11 is 0. The van der Waals surface area contributed by atoms with E-state index in [1.807, 2.05) is 10.8 Å². The molecule has 0 nitrogen and oxygen atoms in total. The quantitative estimate of drug-likeness (QED) is 0.266. The topological polar surface area (TPSA) is 0 Å². The van der Waals surface area contributed by atoms with Crippen LogP contribution >= 0.6 is 21.6 Å². The van der Waals surface area contributed by atoms with Gasteiger partial charge in [-0.15, -0.1) is 0 Å². The van der Waals surface area contributed by atoms with Gasteiger partial charge in [0.15, 0.2) is 0 Å². The van der Waals surface area contributed by atoms with Crippen molar-refractivity contribution in [3.05, 3.63) is 0 Å². The van der Waals surface area contributed by atoms with Crippen LogP contribution in [0, 0.1) is 5.92 Å². The molecule has 0 fully saturated rings. The fourth-order valence-corrected chi connectivity index (χ4v) is 4.63. The van der Waals surface area contributed by atoms with Crippen LogP contribution in [-0.2, 0) is 0 Å². The highest BCUT2D eigenvalue weighted by atomic mass is 33.1. The lowest BCUT2D eigenvalue weighted by atomic mass is 9.92. The lowest BCUT2D eigenvalue weighted by Crippen LogP contribution is -2.13. The maximum atomic E-state index is 2.44. The van der Waals surface area contributed by atoms with Crippen molar-refractivity contribution in [3.8, 4) is 0 Å². The smallest absolute Gasteiger partial charge is 0.0151 e. The molecule has 110 valence electrons. The van der Waals surface area contributed by atoms with Gasteiger partial charge in [0.05, 0.1) is 0 Å². The van der Waals surface area contributed by atoms with E-state index in [0.717, 1.165) is 11.2 Å². The van der Waals surface area contributed by atoms with Crippen molar-refractivity contribution in [2.45, 2.75) is 90.2 Å². The van der Waals surface area contributed by atoms with E-state index in [1.54, 1.807) is 0 Å². The minimum absolute atomic E-state index is 0.836. The molecule has 0 bridgehead atoms. The third-order valence-electron chi connectivity index (χ3n) is 3.77. The molecule has 0 unspecified atom stereocenters. The number of hydrogen-bond donors (Lipinski definition) is 0. The average Bonchev–Trinajstić information content (AvgIpc) is 2.37. The fourth-order valence-electron chi connectivity index (χ4n) is 2.51. The SMILES string of the molecule is CCCCCCC(CCCCCC)[C@@H](C)SSC. The van der Waals surface area contributed by atoms with Gasteiger partial charge in [-0.05, 0) is 25.0 Å². The van der Waals surface area contributed by atoms with Crippen LogP contribution in [0.3, 0.4) is 0 Å². The molecule has 0 radical (unpaired) electrons. The first kappa shape index (κ1) is 18.7. The Morgan fingerprint density at radius 2 is 1.28 bits per heavy atom. The predicted octanol–water partition coefficient (Wildman–Crippen LogP) is 6.94. The van der Waals surface area contributed by atoms with Gasteiger partial charge in [0.25, 0.3) is 0 Å². The number of rotatable bonds is 13. The maximum Gasteiger partial charge on any atom is 0.0151 e. The Bertz CT molecular complexity index is 147. The molecule has 0 heterocycles. The zero-order valence-electron chi connectivity index (χ0n) is 13.0. The molecule has 0 amide bonds. The highest BCUT2D eigenvalue weighted by molar-refractivity contribution is 8.76. The Morgan fingerprint density at radius 1 is 0.778 bits per heavy atom. The van der Waals surface area contributed by atoms with Crippen LogP contribution in [0.5, 0.6) is 0 Å². The summed E-state index contributed by atoms with van der Waals surface area (Å²) in [6.45, 7) is 7.04. The summed E-state index contributed by atoms with van der Waals surface area (Å²) in [6.07, 6.45) is 16.5. The van der Waals surface area contributed by atoms with Gasteiger partial charge >= 0.3 is 0 Å². The summed E-state index contributed by atoms with van der Waals surface area (Å²) in [4.78, 5) is 0. The number of unbranched alkanes of at least 4 members (excludes halogenated alkanes) is 6. The zero-order chi connectivity index (χ0) is 13.6. The normalized spacial score (nSPS) is 13.2. The second kappa shape index (κ2) is 14.1. The van der Waals surface area contributed by atoms with E-state index in [0.29, 0.717) is 0 Å². The van der Waals surface area contributed by atoms with Crippen LogP contribution < -0.4 is 0 Å². The Kier molecular flexibility index (Phi) is 14.7. The summed E-state index contributed by atoms with van der Waals surface area (Å²) < 4.78 is 0. The van der Waals surface area contributed by atoms with Crippen LogP contribution in [0.1, 0.15) is 85.0 Å². The fraction of sp³-hybridized carbons (Fsp3) is 1.00. The van der Waals surface area contributed by atoms with Crippen molar-refractivity contribution in [2.24, 2.45) is 5.92 Å². The summed E-state index contributed by atoms with van der Waals surface area (Å²) in [7, 11) is 4.03. The van der Waals surface area contributed by atoms with Crippen LogP contribution in [0.25, 0.3) is 0 Å². The molecule has 0 spiro atoms. The molecule has 0 aromatic rings. The molecule has 0 aromatic carbocycles. The van der Waals surface area contributed by atoms with E-state index in [1.165, 1.54) is 64.2 Å². The van der Waals surface area contributed by atoms with Gasteiger partial charge in [-0.2, -0.15) is 0 Å². The van der Waals surface area contributed by atoms with Crippen LogP contribution in [0.2, 0.25) is 0 Å². The van der Waals surface area contributed by atoms with Crippen LogP contribution in [0.4, 0.5) is 0 Å². The first-order valence-corrected chi connectivity index (χ1v) is 10.6. The summed E-state index contributed by atoms with van der Waals surface area (Å²) in [5, 5.41) is 0.836. The Hall–Kier alpha value is 0.700. The van der Waals surface area contributed by atoms with Crippen molar-refractivity contribution in [1.82, 2.24) is 0 Å². The Balaban J connectivity index is 3.84. The molecular formula is C16H34S2. The minimum Gasteiger partial charge on any atom is -0.0973 e. The molecule has 0 saturated heterocycles. The van der Waals surface area contributed by atoms with Gasteiger partial charge in [0, 0.05) is 5.25 Å². The predicted molar refractivity (Wildman–Crippen MR) is 91.6 cm³/mol. The standard InChI is InChI=1S/C16H34S2/c1-5-7-9-11-13-16(15(3)18-17-4)14-12-10-8-6-2/h15-16H,5-14H2,1-4H3/t15-/m1/s1. The van der Waals surface area contributed by atoms with Crippen LogP contribution in [0.15, 0.2) is 0 Å². The first-order valence-electron chi connectivity index (χ1n) is 7.95. The largest absolute Gasteiger partial charge is 0.0973 e. The lowest BCUT2D eigenvalue weighted by Gasteiger charge is -2.23. The molecule has 0 rings (SSSR count). The molecule has 1 atom stereocenters. The Morgan fingerprint density at radius 3 is 1.67 bits per heavy atom. The molecule has 0 aliphatic rings. The summed E-state index contributed by atoms with van der Waals surface area (Å²) in [6, 6.07) is 0. The zero-order valence-corrected chi connectivity index (χ0v) is 14.7. The van der Waals surface area contributed by atoms with Crippen molar-refractivity contribution in [3.63, 3.8) is 0 Å². The van der Waals surface area contributed by atoms with Crippen molar-refractivity contribution >= 4 is 21.6 Å². The molecule has 18 heavy (non-hydrogen) atoms. The number of hydrogen-bond acceptors (Lipinski definition) is 2. The average molecular weight is 291 g/mol. The lowest BCUT2D eigenvalue weighted by molar-refractivity contribution is 0.404. The molecule has 2 heteroatoms. The van der Waals surface area contributed by atoms with Gasteiger partial charge in [-0.25, -0.2) is 0 Å². The van der Waals surface area contributed by atoms with Crippen LogP contribution in [-0.4, -0.2) is 11.5 Å². The van der Waals surface area contributed by atoms with E-state index < -0.39 is 0 Å². The second-order valence-electron chi connectivity index (χ2n) is 5.43. The highest BCUT2D eigenvalue weighted by Gasteiger charge is 2.16. The van der Waals surface area contributed by atoms with Crippen molar-refractivity contribution in [2.75, 3.05) is 6.26 Å². The summed E-state index contributed by atoms with van der Waals surface area (Å²) in [5.74, 6) is 0.955. The highest BCUT2D eigenvalue weighted by Crippen LogP contribution is 2.34. The molecule has 0 aliphatic heterocycles. The van der Waals surface area contributed by atoms with Gasteiger partial charge in [0.2, 0.25) is 0 Å². The van der Waals surface area contributed by atoms with Gasteiger partial charge in [-0.1, -0.05) is 93.7 Å². The third kappa shape index (κ3) is 10.6. The first-order chi connectivity index (χ1) is 8.76. The van der Waals surface area contributed by atoms with Gasteiger partial charge in [-0.3, -0.25) is 0 Å². The molecule has 0 aliphatic carbocycles. The van der Waals surface area contributed by atoms with Crippen molar-refractivity contribution < 1.29 is 0 Å². The van der Waals surface area contributed by atoms with Crippen molar-refractivity contribution in [1.29, 1.82) is 0 Å². The maximum absolute atomic E-state index is 2.44. The van der Waals surface area contributed by atoms with E-state index >= 15 is 0 Å². The van der Waals surface area contributed by atoms with Gasteiger partial charge in [0.1, 0.15) is 0 Å². The molecular weight excluding hydrogens is 256 g/mol. The molecule has 0 N–H and O–H groups in total. The van der Waals surface area contributed by atoms with E-state index in [4.69, 9.17) is 0 Å². The third-order valence-corrected chi connectivity index (χ3v) is 6.14. The monoisotopic (exact) mass is 290 g/mol. The van der Waals surface area contributed by atoms with Gasteiger partial charge < -0.3 is 0 Å². The minimum atomic E-state index is 0.836. The van der Waals surface area contributed by atoms with E-state index in [2.05, 4.69) is 37.8 Å². The molecule has 0 aromatic heterocycles. The second-order valence-corrected chi connectivity index (χ2v) is 8.27.